The fourth-order valence-corrected chi connectivity index (χ4v) is 3.83. The number of methoxy groups -OCH3 is 1. The molecule has 0 aromatic carbocycles. The highest BCUT2D eigenvalue weighted by molar-refractivity contribution is 4.92. The summed E-state index contributed by atoms with van der Waals surface area (Å²) in [6.45, 7) is 12.6. The van der Waals surface area contributed by atoms with Gasteiger partial charge in [0.2, 0.25) is 0 Å². The molecule has 0 amide bonds. The lowest BCUT2D eigenvalue weighted by atomic mass is 9.72. The second-order valence-corrected chi connectivity index (χ2v) is 7.69. The van der Waals surface area contributed by atoms with Crippen molar-refractivity contribution in [3.8, 4) is 0 Å². The molecule has 1 rings (SSSR count). The lowest BCUT2D eigenvalue weighted by Gasteiger charge is -2.43. The van der Waals surface area contributed by atoms with E-state index in [2.05, 4.69) is 39.9 Å². The quantitative estimate of drug-likeness (QED) is 0.735. The minimum absolute atomic E-state index is 0.196. The molecule has 2 unspecified atom stereocenters. The summed E-state index contributed by atoms with van der Waals surface area (Å²) < 4.78 is 5.92. The van der Waals surface area contributed by atoms with Crippen LogP contribution in [0.25, 0.3) is 0 Å². The van der Waals surface area contributed by atoms with Crippen molar-refractivity contribution >= 4 is 0 Å². The van der Waals surface area contributed by atoms with E-state index in [9.17, 15) is 0 Å². The van der Waals surface area contributed by atoms with E-state index >= 15 is 0 Å². The molecule has 1 saturated carbocycles. The van der Waals surface area contributed by atoms with Gasteiger partial charge >= 0.3 is 0 Å². The zero-order chi connectivity index (χ0) is 15.2. The van der Waals surface area contributed by atoms with E-state index in [1.807, 2.05) is 7.11 Å². The van der Waals surface area contributed by atoms with E-state index in [0.717, 1.165) is 18.4 Å². The Morgan fingerprint density at radius 2 is 1.70 bits per heavy atom. The van der Waals surface area contributed by atoms with Crippen molar-refractivity contribution < 1.29 is 4.74 Å². The Morgan fingerprint density at radius 1 is 1.10 bits per heavy atom. The Morgan fingerprint density at radius 3 is 2.10 bits per heavy atom. The summed E-state index contributed by atoms with van der Waals surface area (Å²) in [4.78, 5) is 0. The largest absolute Gasteiger partial charge is 0.379 e. The molecule has 2 heteroatoms. The lowest BCUT2D eigenvalue weighted by Crippen LogP contribution is -2.52. The lowest BCUT2D eigenvalue weighted by molar-refractivity contribution is -0.0328. The van der Waals surface area contributed by atoms with Gasteiger partial charge in [-0.25, -0.2) is 0 Å². The monoisotopic (exact) mass is 283 g/mol. The normalized spacial score (nSPS) is 27.3. The van der Waals surface area contributed by atoms with E-state index in [1.165, 1.54) is 38.5 Å². The van der Waals surface area contributed by atoms with Gasteiger partial charge < -0.3 is 10.1 Å². The first-order valence-corrected chi connectivity index (χ1v) is 8.70. The fraction of sp³-hybridized carbons (Fsp3) is 1.00. The predicted molar refractivity (Wildman–Crippen MR) is 88.1 cm³/mol. The maximum absolute atomic E-state index is 5.92. The van der Waals surface area contributed by atoms with Gasteiger partial charge in [0.1, 0.15) is 0 Å². The molecule has 0 radical (unpaired) electrons. The third-order valence-electron chi connectivity index (χ3n) is 5.04. The zero-order valence-electron chi connectivity index (χ0n) is 14.7. The molecule has 0 bridgehead atoms. The van der Waals surface area contributed by atoms with Crippen LogP contribution in [0, 0.1) is 17.3 Å². The van der Waals surface area contributed by atoms with Gasteiger partial charge in [0.05, 0.1) is 6.10 Å². The number of hydrogen-bond donors (Lipinski definition) is 1. The van der Waals surface area contributed by atoms with Gasteiger partial charge in [0, 0.05) is 13.2 Å². The van der Waals surface area contributed by atoms with Crippen LogP contribution in [0.3, 0.4) is 0 Å². The number of nitrogens with one attached hydrogen (secondary N) is 1. The van der Waals surface area contributed by atoms with Crippen molar-refractivity contribution in [2.24, 2.45) is 17.3 Å². The molecule has 1 N–H and O–H groups in total. The minimum Gasteiger partial charge on any atom is -0.379 e. The van der Waals surface area contributed by atoms with E-state index in [1.54, 1.807) is 0 Å². The Hall–Kier alpha value is -0.0800. The molecule has 2 atom stereocenters. The molecule has 0 aliphatic heterocycles. The van der Waals surface area contributed by atoms with Crippen molar-refractivity contribution in [3.63, 3.8) is 0 Å². The summed E-state index contributed by atoms with van der Waals surface area (Å²) in [7, 11) is 1.88. The first-order valence-electron chi connectivity index (χ1n) is 8.70. The van der Waals surface area contributed by atoms with E-state index in [4.69, 9.17) is 4.74 Å². The topological polar surface area (TPSA) is 21.3 Å². The molecule has 1 fully saturated rings. The van der Waals surface area contributed by atoms with Crippen LogP contribution in [0.4, 0.5) is 0 Å². The maximum Gasteiger partial charge on any atom is 0.0775 e. The second kappa shape index (κ2) is 8.38. The highest BCUT2D eigenvalue weighted by Gasteiger charge is 2.38. The highest BCUT2D eigenvalue weighted by atomic mass is 16.5. The molecule has 0 saturated heterocycles. The Balaban J connectivity index is 2.73. The van der Waals surface area contributed by atoms with Crippen LogP contribution in [-0.4, -0.2) is 25.8 Å². The summed E-state index contributed by atoms with van der Waals surface area (Å²) in [6, 6.07) is 0.512. The molecule has 0 heterocycles. The predicted octanol–water partition coefficient (Wildman–Crippen LogP) is 4.63. The van der Waals surface area contributed by atoms with Gasteiger partial charge in [0.25, 0.3) is 0 Å². The van der Waals surface area contributed by atoms with Gasteiger partial charge in [-0.05, 0) is 43.1 Å². The fourth-order valence-electron chi connectivity index (χ4n) is 3.83. The third-order valence-corrected chi connectivity index (χ3v) is 5.04. The molecule has 120 valence electrons. The number of rotatable bonds is 7. The van der Waals surface area contributed by atoms with Crippen molar-refractivity contribution in [2.45, 2.75) is 85.3 Å². The molecular formula is C18H37NO. The Bertz CT molecular complexity index is 251. The minimum atomic E-state index is 0.196. The van der Waals surface area contributed by atoms with Gasteiger partial charge in [-0.15, -0.1) is 0 Å². The van der Waals surface area contributed by atoms with Crippen LogP contribution in [0.15, 0.2) is 0 Å². The summed E-state index contributed by atoms with van der Waals surface area (Å²) >= 11 is 0. The van der Waals surface area contributed by atoms with Crippen LogP contribution in [0.5, 0.6) is 0 Å². The average molecular weight is 283 g/mol. The molecular weight excluding hydrogens is 246 g/mol. The average Bonchev–Trinajstić information content (AvgIpc) is 2.42. The van der Waals surface area contributed by atoms with Crippen molar-refractivity contribution in [3.05, 3.63) is 0 Å². The molecule has 2 nitrogen and oxygen atoms in total. The first kappa shape index (κ1) is 18.0. The van der Waals surface area contributed by atoms with Crippen LogP contribution in [0.1, 0.15) is 73.1 Å². The van der Waals surface area contributed by atoms with Crippen molar-refractivity contribution in [1.82, 2.24) is 5.32 Å². The Kier molecular flexibility index (Phi) is 7.53. The van der Waals surface area contributed by atoms with Crippen LogP contribution in [0.2, 0.25) is 0 Å². The highest BCUT2D eigenvalue weighted by Crippen LogP contribution is 2.37. The Labute approximate surface area is 127 Å². The standard InChI is InChI=1S/C18H37NO/c1-7-13-19-16(17(20-6)18(3,4)5)15-11-9-14(8-2)10-12-15/h14-17,19H,7-13H2,1-6H3. The van der Waals surface area contributed by atoms with E-state index in [-0.39, 0.29) is 5.41 Å². The summed E-state index contributed by atoms with van der Waals surface area (Å²) in [5.74, 6) is 1.75. The van der Waals surface area contributed by atoms with Gasteiger partial charge in [0.15, 0.2) is 0 Å². The zero-order valence-corrected chi connectivity index (χ0v) is 14.7. The SMILES string of the molecule is CCCNC(C1CCC(CC)CC1)C(OC)C(C)(C)C. The van der Waals surface area contributed by atoms with E-state index in [0.29, 0.717) is 12.1 Å². The van der Waals surface area contributed by atoms with Crippen LogP contribution < -0.4 is 5.32 Å². The summed E-state index contributed by atoms with van der Waals surface area (Å²) in [5.41, 5.74) is 0.196. The number of ether oxygens (including phenoxy) is 1. The molecule has 20 heavy (non-hydrogen) atoms. The smallest absolute Gasteiger partial charge is 0.0775 e. The van der Waals surface area contributed by atoms with Gasteiger partial charge in [-0.1, -0.05) is 53.9 Å². The molecule has 1 aliphatic rings. The van der Waals surface area contributed by atoms with Gasteiger partial charge in [-0.2, -0.15) is 0 Å². The van der Waals surface area contributed by atoms with Crippen molar-refractivity contribution in [1.29, 1.82) is 0 Å². The second-order valence-electron chi connectivity index (χ2n) is 7.69. The molecule has 1 aliphatic carbocycles. The van der Waals surface area contributed by atoms with Crippen LogP contribution in [-0.2, 0) is 4.74 Å². The van der Waals surface area contributed by atoms with E-state index < -0.39 is 0 Å². The molecule has 0 spiro atoms. The third kappa shape index (κ3) is 5.04. The molecule has 0 aromatic rings. The summed E-state index contributed by atoms with van der Waals surface area (Å²) in [6.07, 6.45) is 8.41. The summed E-state index contributed by atoms with van der Waals surface area (Å²) in [5, 5.41) is 3.80. The maximum atomic E-state index is 5.92. The molecule has 0 aromatic heterocycles. The number of hydrogen-bond acceptors (Lipinski definition) is 2. The van der Waals surface area contributed by atoms with Crippen molar-refractivity contribution in [2.75, 3.05) is 13.7 Å². The van der Waals surface area contributed by atoms with Crippen LogP contribution >= 0.6 is 0 Å². The first-order chi connectivity index (χ1) is 9.43. The van der Waals surface area contributed by atoms with Gasteiger partial charge in [-0.3, -0.25) is 0 Å².